The van der Waals surface area contributed by atoms with Gasteiger partial charge in [0.1, 0.15) is 0 Å². The van der Waals surface area contributed by atoms with Gasteiger partial charge in [0.05, 0.1) is 12.2 Å². The summed E-state index contributed by atoms with van der Waals surface area (Å²) in [5.41, 5.74) is 3.08. The van der Waals surface area contributed by atoms with Gasteiger partial charge >= 0.3 is 5.97 Å². The molecule has 3 rings (SSSR count). The minimum absolute atomic E-state index is 0.0369. The predicted molar refractivity (Wildman–Crippen MR) is 94.3 cm³/mol. The van der Waals surface area contributed by atoms with Crippen LogP contribution >= 0.6 is 0 Å². The fourth-order valence-corrected chi connectivity index (χ4v) is 3.12. The van der Waals surface area contributed by atoms with Crippen LogP contribution in [0.1, 0.15) is 35.3 Å². The van der Waals surface area contributed by atoms with Gasteiger partial charge in [0.15, 0.2) is 6.10 Å². The Morgan fingerprint density at radius 3 is 2.56 bits per heavy atom. The van der Waals surface area contributed by atoms with E-state index < -0.39 is 12.1 Å². The number of ether oxygens (including phenoxy) is 1. The van der Waals surface area contributed by atoms with Crippen LogP contribution in [0.15, 0.2) is 48.5 Å². The Labute approximate surface area is 146 Å². The third-order valence-electron chi connectivity index (χ3n) is 4.45. The van der Waals surface area contributed by atoms with Gasteiger partial charge in [-0.05, 0) is 49.6 Å². The molecule has 0 bridgehead atoms. The number of nitrogens with zero attached hydrogens (tertiary/aromatic N) is 1. The molecule has 0 unspecified atom stereocenters. The van der Waals surface area contributed by atoms with Gasteiger partial charge < -0.3 is 14.7 Å². The van der Waals surface area contributed by atoms with Crippen LogP contribution in [-0.4, -0.2) is 29.1 Å². The maximum absolute atomic E-state index is 12.8. The summed E-state index contributed by atoms with van der Waals surface area (Å²) in [5.74, 6) is -0.775. The Morgan fingerprint density at radius 1 is 1.20 bits per heavy atom. The number of hydrogen-bond acceptors (Lipinski definition) is 4. The van der Waals surface area contributed by atoms with Crippen molar-refractivity contribution in [2.45, 2.75) is 39.0 Å². The molecule has 0 saturated carbocycles. The van der Waals surface area contributed by atoms with E-state index in [1.54, 1.807) is 36.1 Å². The first-order chi connectivity index (χ1) is 12.0. The highest BCUT2D eigenvalue weighted by Crippen LogP contribution is 2.32. The topological polar surface area (TPSA) is 66.8 Å². The van der Waals surface area contributed by atoms with Crippen LogP contribution in [0.25, 0.3) is 0 Å². The fraction of sp³-hybridized carbons (Fsp3) is 0.300. The van der Waals surface area contributed by atoms with E-state index in [0.717, 1.165) is 17.7 Å². The zero-order chi connectivity index (χ0) is 18.0. The molecule has 5 heteroatoms. The third kappa shape index (κ3) is 3.42. The highest BCUT2D eigenvalue weighted by atomic mass is 16.5. The lowest BCUT2D eigenvalue weighted by molar-refractivity contribution is -0.126. The standard InChI is InChI=1S/C20H21NO4/c1-13-11-17-5-3-4-6-18(17)21(13)19(23)14(2)25-20(24)16-9-7-15(12-22)8-10-16/h3-10,13-14,22H,11-12H2,1-2H3/t13-,14-/m0/s1. The smallest absolute Gasteiger partial charge is 0.338 e. The van der Waals surface area contributed by atoms with E-state index in [1.165, 1.54) is 0 Å². The molecule has 25 heavy (non-hydrogen) atoms. The Balaban J connectivity index is 1.71. The molecule has 0 aromatic heterocycles. The fourth-order valence-electron chi connectivity index (χ4n) is 3.12. The number of aliphatic hydroxyl groups excluding tert-OH is 1. The first-order valence-electron chi connectivity index (χ1n) is 8.33. The maximum Gasteiger partial charge on any atom is 0.338 e. The lowest BCUT2D eigenvalue weighted by Crippen LogP contribution is -2.43. The van der Waals surface area contributed by atoms with Crippen molar-refractivity contribution in [2.24, 2.45) is 0 Å². The number of aliphatic hydroxyl groups is 1. The molecule has 0 spiro atoms. The van der Waals surface area contributed by atoms with Crippen molar-refractivity contribution in [2.75, 3.05) is 4.90 Å². The van der Waals surface area contributed by atoms with Crippen LogP contribution in [-0.2, 0) is 22.6 Å². The van der Waals surface area contributed by atoms with Crippen LogP contribution in [0.3, 0.4) is 0 Å². The zero-order valence-corrected chi connectivity index (χ0v) is 14.3. The average Bonchev–Trinajstić information content (AvgIpc) is 2.96. The van der Waals surface area contributed by atoms with Gasteiger partial charge in [-0.3, -0.25) is 4.79 Å². The van der Waals surface area contributed by atoms with E-state index in [4.69, 9.17) is 9.84 Å². The quantitative estimate of drug-likeness (QED) is 0.870. The lowest BCUT2D eigenvalue weighted by atomic mass is 10.1. The first-order valence-corrected chi connectivity index (χ1v) is 8.33. The number of carbonyl (C=O) groups is 2. The molecule has 0 radical (unpaired) electrons. The van der Waals surface area contributed by atoms with E-state index in [0.29, 0.717) is 11.1 Å². The van der Waals surface area contributed by atoms with Gasteiger partial charge in [0.25, 0.3) is 5.91 Å². The lowest BCUT2D eigenvalue weighted by Gasteiger charge is -2.25. The molecule has 0 aliphatic carbocycles. The van der Waals surface area contributed by atoms with Crippen molar-refractivity contribution in [1.82, 2.24) is 0 Å². The zero-order valence-electron chi connectivity index (χ0n) is 14.3. The highest BCUT2D eigenvalue weighted by molar-refractivity contribution is 6.00. The molecule has 2 aromatic rings. The van der Waals surface area contributed by atoms with Crippen molar-refractivity contribution in [3.63, 3.8) is 0 Å². The summed E-state index contributed by atoms with van der Waals surface area (Å²) >= 11 is 0. The molecule has 1 heterocycles. The number of amides is 1. The molecule has 1 amide bonds. The molecule has 2 aromatic carbocycles. The molecule has 1 aliphatic rings. The van der Waals surface area contributed by atoms with Crippen LogP contribution in [0, 0.1) is 0 Å². The molecule has 0 saturated heterocycles. The monoisotopic (exact) mass is 339 g/mol. The average molecular weight is 339 g/mol. The first kappa shape index (κ1) is 17.2. The van der Waals surface area contributed by atoms with Crippen molar-refractivity contribution in [3.8, 4) is 0 Å². The van der Waals surface area contributed by atoms with E-state index in [2.05, 4.69) is 0 Å². The number of hydrogen-bond donors (Lipinski definition) is 1. The molecule has 0 fully saturated rings. The molecule has 2 atom stereocenters. The van der Waals surface area contributed by atoms with Gasteiger partial charge in [-0.25, -0.2) is 4.79 Å². The van der Waals surface area contributed by atoms with Gasteiger partial charge in [0, 0.05) is 11.7 Å². The summed E-state index contributed by atoms with van der Waals surface area (Å²) in [5, 5.41) is 9.05. The number of fused-ring (bicyclic) bond motifs is 1. The second-order valence-corrected chi connectivity index (χ2v) is 6.29. The van der Waals surface area contributed by atoms with Crippen molar-refractivity contribution in [1.29, 1.82) is 0 Å². The highest BCUT2D eigenvalue weighted by Gasteiger charge is 2.34. The van der Waals surface area contributed by atoms with Crippen molar-refractivity contribution in [3.05, 3.63) is 65.2 Å². The largest absolute Gasteiger partial charge is 0.449 e. The van der Waals surface area contributed by atoms with Gasteiger partial charge in [-0.2, -0.15) is 0 Å². The molecular formula is C20H21NO4. The summed E-state index contributed by atoms with van der Waals surface area (Å²) in [6, 6.07) is 14.3. The number of benzene rings is 2. The van der Waals surface area contributed by atoms with Crippen LogP contribution in [0.5, 0.6) is 0 Å². The number of carbonyl (C=O) groups excluding carboxylic acids is 2. The van der Waals surface area contributed by atoms with Crippen LogP contribution in [0.2, 0.25) is 0 Å². The minimum atomic E-state index is -0.876. The minimum Gasteiger partial charge on any atom is -0.449 e. The molecule has 130 valence electrons. The Morgan fingerprint density at radius 2 is 1.88 bits per heavy atom. The summed E-state index contributed by atoms with van der Waals surface area (Å²) in [4.78, 5) is 26.8. The number of esters is 1. The number of anilines is 1. The summed E-state index contributed by atoms with van der Waals surface area (Å²) in [7, 11) is 0. The SMILES string of the molecule is C[C@H](OC(=O)c1ccc(CO)cc1)C(=O)N1c2ccccc2C[C@@H]1C. The normalized spacial score (nSPS) is 17.1. The maximum atomic E-state index is 12.8. The number of rotatable bonds is 4. The molecule has 1 N–H and O–H groups in total. The second-order valence-electron chi connectivity index (χ2n) is 6.29. The van der Waals surface area contributed by atoms with Gasteiger partial charge in [-0.15, -0.1) is 0 Å². The van der Waals surface area contributed by atoms with E-state index in [1.807, 2.05) is 31.2 Å². The van der Waals surface area contributed by atoms with Crippen LogP contribution < -0.4 is 4.90 Å². The summed E-state index contributed by atoms with van der Waals surface area (Å²) in [6.45, 7) is 3.49. The predicted octanol–water partition coefficient (Wildman–Crippen LogP) is 2.70. The molecule has 1 aliphatic heterocycles. The van der Waals surface area contributed by atoms with Crippen molar-refractivity contribution >= 4 is 17.6 Å². The second kappa shape index (κ2) is 7.07. The molecule has 5 nitrogen and oxygen atoms in total. The van der Waals surface area contributed by atoms with Gasteiger partial charge in [0.2, 0.25) is 0 Å². The Bertz CT molecular complexity index is 785. The third-order valence-corrected chi connectivity index (χ3v) is 4.45. The van der Waals surface area contributed by atoms with Crippen molar-refractivity contribution < 1.29 is 19.4 Å². The summed E-state index contributed by atoms with van der Waals surface area (Å²) in [6.07, 6.45) is -0.0794. The Hall–Kier alpha value is -2.66. The Kier molecular flexibility index (Phi) is 4.86. The van der Waals surface area contributed by atoms with E-state index in [9.17, 15) is 9.59 Å². The van der Waals surface area contributed by atoms with Crippen LogP contribution in [0.4, 0.5) is 5.69 Å². The van der Waals surface area contributed by atoms with E-state index >= 15 is 0 Å². The molecular weight excluding hydrogens is 318 g/mol. The van der Waals surface area contributed by atoms with Gasteiger partial charge in [-0.1, -0.05) is 30.3 Å². The van der Waals surface area contributed by atoms with E-state index in [-0.39, 0.29) is 18.6 Å². The summed E-state index contributed by atoms with van der Waals surface area (Å²) < 4.78 is 5.35. The number of para-hydroxylation sites is 1.